The van der Waals surface area contributed by atoms with E-state index in [0.717, 1.165) is 11.1 Å². The third kappa shape index (κ3) is 5.44. The van der Waals surface area contributed by atoms with Gasteiger partial charge in [-0.3, -0.25) is 4.79 Å². The first-order valence-electron chi connectivity index (χ1n) is 10.7. The van der Waals surface area contributed by atoms with Crippen LogP contribution in [0.4, 0.5) is 19.3 Å². The van der Waals surface area contributed by atoms with Crippen molar-refractivity contribution in [3.63, 3.8) is 0 Å². The van der Waals surface area contributed by atoms with Gasteiger partial charge in [0.25, 0.3) is 0 Å². The van der Waals surface area contributed by atoms with Crippen LogP contribution in [0.25, 0.3) is 11.3 Å². The molecule has 0 saturated carbocycles. The monoisotopic (exact) mass is 448 g/mol. The van der Waals surface area contributed by atoms with Gasteiger partial charge in [-0.1, -0.05) is 25.5 Å². The molecule has 0 fully saturated rings. The Morgan fingerprint density at radius 2 is 2.03 bits per heavy atom. The Labute approximate surface area is 186 Å². The first-order chi connectivity index (χ1) is 15.0. The second-order valence-electron chi connectivity index (χ2n) is 9.22. The molecule has 1 aliphatic rings. The number of halogens is 2. The summed E-state index contributed by atoms with van der Waals surface area (Å²) in [6, 6.07) is 5.06. The van der Waals surface area contributed by atoms with Crippen molar-refractivity contribution in [2.75, 3.05) is 5.32 Å². The van der Waals surface area contributed by atoms with Gasteiger partial charge < -0.3 is 15.4 Å². The summed E-state index contributed by atoms with van der Waals surface area (Å²) in [6.45, 7) is 6.07. The Morgan fingerprint density at radius 3 is 2.69 bits per heavy atom. The van der Waals surface area contributed by atoms with Crippen molar-refractivity contribution in [3.05, 3.63) is 35.5 Å². The molecule has 2 unspecified atom stereocenters. The van der Waals surface area contributed by atoms with Crippen LogP contribution in [0.15, 0.2) is 24.4 Å². The number of hydrogen-bond acceptors (Lipinski definition) is 4. The Balaban J connectivity index is 2.09. The number of aryl methyl sites for hydroxylation is 1. The Kier molecular flexibility index (Phi) is 6.85. The van der Waals surface area contributed by atoms with Crippen molar-refractivity contribution < 1.29 is 23.1 Å². The van der Waals surface area contributed by atoms with Crippen LogP contribution < -0.4 is 10.6 Å². The van der Waals surface area contributed by atoms with Crippen molar-refractivity contribution in [2.45, 2.75) is 72.1 Å². The highest BCUT2D eigenvalue weighted by atomic mass is 19.3. The van der Waals surface area contributed by atoms with Gasteiger partial charge in [-0.25, -0.2) is 9.48 Å². The predicted octanol–water partition coefficient (Wildman–Crippen LogP) is 5.58. The number of carbonyl (C=O) groups excluding carboxylic acids is 2. The number of nitrogens with one attached hydrogen (secondary N) is 2. The number of hydrogen-bond donors (Lipinski definition) is 2. The fourth-order valence-corrected chi connectivity index (χ4v) is 3.77. The first kappa shape index (κ1) is 23.7. The largest absolute Gasteiger partial charge is 0.444 e. The summed E-state index contributed by atoms with van der Waals surface area (Å²) < 4.78 is 33.5. The van der Waals surface area contributed by atoms with Gasteiger partial charge in [-0.2, -0.15) is 13.9 Å². The van der Waals surface area contributed by atoms with Gasteiger partial charge in [0.1, 0.15) is 5.60 Å². The number of aromatic nitrogens is 2. The number of benzene rings is 1. The molecule has 3 rings (SSSR count). The summed E-state index contributed by atoms with van der Waals surface area (Å²) in [6.07, 6.45) is 2.53. The average Bonchev–Trinajstić information content (AvgIpc) is 3.09. The highest BCUT2D eigenvalue weighted by Gasteiger charge is 2.26. The minimum atomic E-state index is -2.88. The van der Waals surface area contributed by atoms with E-state index in [4.69, 9.17) is 4.74 Å². The highest BCUT2D eigenvalue weighted by Crippen LogP contribution is 2.36. The van der Waals surface area contributed by atoms with E-state index in [2.05, 4.69) is 15.7 Å². The van der Waals surface area contributed by atoms with Crippen LogP contribution in [0.2, 0.25) is 0 Å². The minimum Gasteiger partial charge on any atom is -0.444 e. The van der Waals surface area contributed by atoms with Crippen LogP contribution in [0.1, 0.15) is 70.7 Å². The van der Waals surface area contributed by atoms with E-state index in [1.54, 1.807) is 40.7 Å². The van der Waals surface area contributed by atoms with Gasteiger partial charge in [0.15, 0.2) is 0 Å². The molecule has 2 amide bonds. The molecule has 9 heteroatoms. The zero-order valence-electron chi connectivity index (χ0n) is 19.0. The molecule has 0 aliphatic carbocycles. The van der Waals surface area contributed by atoms with Crippen LogP contribution in [0.3, 0.4) is 0 Å². The van der Waals surface area contributed by atoms with E-state index in [1.165, 1.54) is 6.20 Å². The van der Waals surface area contributed by atoms with E-state index in [1.807, 2.05) is 12.1 Å². The summed E-state index contributed by atoms with van der Waals surface area (Å²) in [5, 5.41) is 9.48. The molecule has 2 aromatic rings. The molecule has 7 nitrogen and oxygen atoms in total. The summed E-state index contributed by atoms with van der Waals surface area (Å²) in [5.41, 5.74) is 1.74. The lowest BCUT2D eigenvalue weighted by atomic mass is 9.92. The van der Waals surface area contributed by atoms with Crippen molar-refractivity contribution in [3.8, 4) is 11.3 Å². The van der Waals surface area contributed by atoms with E-state index in [-0.39, 0.29) is 23.2 Å². The van der Waals surface area contributed by atoms with Gasteiger partial charge in [0.2, 0.25) is 5.91 Å². The average molecular weight is 449 g/mol. The van der Waals surface area contributed by atoms with E-state index >= 15 is 0 Å². The molecule has 2 atom stereocenters. The van der Waals surface area contributed by atoms with Crippen LogP contribution in [0.5, 0.6) is 0 Å². The second kappa shape index (κ2) is 9.26. The number of nitrogens with zero attached hydrogens (tertiary/aromatic N) is 2. The maximum absolute atomic E-state index is 13.7. The zero-order valence-corrected chi connectivity index (χ0v) is 19.0. The predicted molar refractivity (Wildman–Crippen MR) is 117 cm³/mol. The standard InChI is InChI=1S/C23H30F2N4O3/c1-13-9-10-15-11-16(13)19-18(12-26-29(19)21(24)25)27-20(30)14(2)7-6-8-17(15)28-22(31)32-23(3,4)5/h9-12,14,17,21H,6-8H2,1-5H3,(H,27,30)(H,28,31). The summed E-state index contributed by atoms with van der Waals surface area (Å²) in [4.78, 5) is 25.1. The molecule has 0 radical (unpaired) electrons. The van der Waals surface area contributed by atoms with Gasteiger partial charge >= 0.3 is 12.6 Å². The lowest BCUT2D eigenvalue weighted by molar-refractivity contribution is -0.119. The number of alkyl carbamates (subject to hydrolysis) is 1. The van der Waals surface area contributed by atoms with Crippen LogP contribution >= 0.6 is 0 Å². The Hall–Kier alpha value is -2.97. The molecule has 32 heavy (non-hydrogen) atoms. The molecule has 2 bridgehead atoms. The molecule has 174 valence electrons. The number of ether oxygens (including phenoxy) is 1. The molecule has 1 aliphatic heterocycles. The van der Waals surface area contributed by atoms with Gasteiger partial charge in [0, 0.05) is 11.5 Å². The SMILES string of the molecule is Cc1ccc2cc1-c1c(cnn1C(F)F)NC(=O)C(C)CCCC2NC(=O)OC(C)(C)C. The van der Waals surface area contributed by atoms with E-state index in [9.17, 15) is 18.4 Å². The number of alkyl halides is 2. The summed E-state index contributed by atoms with van der Waals surface area (Å²) in [7, 11) is 0. The fourth-order valence-electron chi connectivity index (χ4n) is 3.77. The lowest BCUT2D eigenvalue weighted by Gasteiger charge is -2.25. The smallest absolute Gasteiger partial charge is 0.408 e. The maximum Gasteiger partial charge on any atom is 0.408 e. The Morgan fingerprint density at radius 1 is 1.31 bits per heavy atom. The quantitative estimate of drug-likeness (QED) is 0.628. The van der Waals surface area contributed by atoms with Crippen LogP contribution in [0, 0.1) is 12.8 Å². The number of amides is 2. The first-order valence-corrected chi connectivity index (χ1v) is 10.7. The highest BCUT2D eigenvalue weighted by molar-refractivity contribution is 5.96. The second-order valence-corrected chi connectivity index (χ2v) is 9.22. The van der Waals surface area contributed by atoms with Crippen molar-refractivity contribution >= 4 is 17.7 Å². The van der Waals surface area contributed by atoms with Crippen molar-refractivity contribution in [2.24, 2.45) is 5.92 Å². The molecule has 1 aromatic carbocycles. The maximum atomic E-state index is 13.7. The number of fused-ring (bicyclic) bond motifs is 4. The van der Waals surface area contributed by atoms with Crippen molar-refractivity contribution in [1.29, 1.82) is 0 Å². The number of carbonyl (C=O) groups is 2. The zero-order chi connectivity index (χ0) is 23.6. The Bertz CT molecular complexity index is 998. The van der Waals surface area contributed by atoms with Gasteiger partial charge in [-0.05, 0) is 57.7 Å². The van der Waals surface area contributed by atoms with Gasteiger partial charge in [-0.15, -0.1) is 0 Å². The third-order valence-corrected chi connectivity index (χ3v) is 5.43. The minimum absolute atomic E-state index is 0.136. The molecule has 2 heterocycles. The molecule has 2 N–H and O–H groups in total. The molecule has 0 saturated heterocycles. The van der Waals surface area contributed by atoms with Crippen LogP contribution in [-0.4, -0.2) is 27.4 Å². The fraction of sp³-hybridized carbons (Fsp3) is 0.522. The number of rotatable bonds is 2. The number of anilines is 1. The van der Waals surface area contributed by atoms with Gasteiger partial charge in [0.05, 0.1) is 23.6 Å². The topological polar surface area (TPSA) is 85.3 Å². The molecular weight excluding hydrogens is 418 g/mol. The summed E-state index contributed by atoms with van der Waals surface area (Å²) in [5.74, 6) is -0.593. The lowest BCUT2D eigenvalue weighted by Crippen LogP contribution is -2.35. The van der Waals surface area contributed by atoms with E-state index in [0.29, 0.717) is 29.5 Å². The normalized spacial score (nSPS) is 19.4. The van der Waals surface area contributed by atoms with Crippen molar-refractivity contribution in [1.82, 2.24) is 15.1 Å². The molecular formula is C23H30F2N4O3. The molecule has 1 aromatic heterocycles. The molecule has 0 spiro atoms. The third-order valence-electron chi connectivity index (χ3n) is 5.43. The van der Waals surface area contributed by atoms with E-state index < -0.39 is 24.3 Å². The van der Waals surface area contributed by atoms with Crippen LogP contribution in [-0.2, 0) is 9.53 Å². The summed E-state index contributed by atoms with van der Waals surface area (Å²) >= 11 is 0.